The molecule has 2 fully saturated rings. The number of phenols is 3. The number of aliphatic hydroxyl groups is 9. The number of ether oxygens (including phenoxy) is 5. The van der Waals surface area contributed by atoms with Crippen LogP contribution in [0.15, 0.2) is 36.1 Å². The van der Waals surface area contributed by atoms with E-state index >= 15 is 0 Å². The van der Waals surface area contributed by atoms with Crippen molar-refractivity contribution in [1.29, 1.82) is 0 Å². The van der Waals surface area contributed by atoms with Gasteiger partial charge in [0.1, 0.15) is 65.9 Å². The van der Waals surface area contributed by atoms with Gasteiger partial charge in [-0.2, -0.15) is 0 Å². The lowest BCUT2D eigenvalue weighted by molar-refractivity contribution is -0.295. The molecule has 5 rings (SSSR count). The molecule has 11 atom stereocenters. The molecule has 2 saturated heterocycles. The van der Waals surface area contributed by atoms with Crippen LogP contribution in [0.1, 0.15) is 17.2 Å². The third kappa shape index (κ3) is 5.89. The molecule has 0 spiro atoms. The van der Waals surface area contributed by atoms with Gasteiger partial charge in [-0.3, -0.25) is 0 Å². The van der Waals surface area contributed by atoms with E-state index in [2.05, 4.69) is 4.74 Å². The highest BCUT2D eigenvalue weighted by Crippen LogP contribution is 2.46. The van der Waals surface area contributed by atoms with E-state index in [1.807, 2.05) is 0 Å². The second kappa shape index (κ2) is 12.3. The standard InChI is InChI=1S/C27H32O16/c28-7-17-19(33)21(35)23(37)26(42-17)39-10-4-13(31)11-6-16(41-27-24(38)22(36)20(34)18(8-29)43-27)25(40-15(11)5-10)9-1-2-12(30)14(32)3-9/h1-6,17-38H,7-8H2/p+1/t17-,18-,19-,20-,21+,22-,23-,24+,25?,26-,27-/m1/s1. The molecular weight excluding hydrogens is 580 g/mol. The first kappa shape index (κ1) is 31.0. The predicted octanol–water partition coefficient (Wildman–Crippen LogP) is -2.86. The first-order valence-corrected chi connectivity index (χ1v) is 13.2. The zero-order valence-electron chi connectivity index (χ0n) is 22.2. The number of hydrogen-bond donors (Lipinski definition) is 11. The van der Waals surface area contributed by atoms with Crippen molar-refractivity contribution < 1.29 is 79.9 Å². The second-order valence-electron chi connectivity index (χ2n) is 10.3. The van der Waals surface area contributed by atoms with Crippen molar-refractivity contribution in [2.24, 2.45) is 0 Å². The normalized spacial score (nSPS) is 35.8. The van der Waals surface area contributed by atoms with Gasteiger partial charge in [0.05, 0.1) is 24.8 Å². The molecule has 0 aromatic heterocycles. The minimum atomic E-state index is -1.77. The van der Waals surface area contributed by atoms with Gasteiger partial charge in [-0.15, -0.1) is 0 Å². The summed E-state index contributed by atoms with van der Waals surface area (Å²) in [5.74, 6) is -1.40. The molecular formula is C27H33O16+. The van der Waals surface area contributed by atoms with Crippen LogP contribution in [-0.2, 0) is 14.2 Å². The third-order valence-corrected chi connectivity index (χ3v) is 7.45. The van der Waals surface area contributed by atoms with E-state index in [0.29, 0.717) is 0 Å². The van der Waals surface area contributed by atoms with Crippen molar-refractivity contribution >= 4 is 6.08 Å². The fraction of sp³-hybridized carbons (Fsp3) is 0.481. The number of benzene rings is 2. The quantitative estimate of drug-likeness (QED) is 0.111. The van der Waals surface area contributed by atoms with Crippen LogP contribution in [0.3, 0.4) is 0 Å². The summed E-state index contributed by atoms with van der Waals surface area (Å²) < 4.78 is 26.8. The Kier molecular flexibility index (Phi) is 8.87. The molecule has 236 valence electrons. The van der Waals surface area contributed by atoms with Gasteiger partial charge in [0.15, 0.2) is 17.3 Å². The Morgan fingerprint density at radius 3 is 1.79 bits per heavy atom. The summed E-state index contributed by atoms with van der Waals surface area (Å²) in [6, 6.07) is 6.26. The Labute approximate surface area is 243 Å². The van der Waals surface area contributed by atoms with Gasteiger partial charge in [-0.25, -0.2) is 0 Å². The number of rotatable bonds is 7. The highest BCUT2D eigenvalue weighted by Gasteiger charge is 2.47. The third-order valence-electron chi connectivity index (χ3n) is 7.45. The lowest BCUT2D eigenvalue weighted by Crippen LogP contribution is -2.60. The summed E-state index contributed by atoms with van der Waals surface area (Å²) in [4.78, 5) is 0. The minimum absolute atomic E-state index is 0.0696. The van der Waals surface area contributed by atoms with Crippen molar-refractivity contribution in [3.63, 3.8) is 0 Å². The van der Waals surface area contributed by atoms with Crippen molar-refractivity contribution in [3.05, 3.63) is 47.2 Å². The van der Waals surface area contributed by atoms with Crippen LogP contribution >= 0.6 is 0 Å². The largest absolute Gasteiger partial charge is 0.571 e. The smallest absolute Gasteiger partial charge is 0.270 e. The van der Waals surface area contributed by atoms with Gasteiger partial charge in [0, 0.05) is 12.1 Å². The molecule has 3 aliphatic rings. The Balaban J connectivity index is 1.48. The summed E-state index contributed by atoms with van der Waals surface area (Å²) in [7, 11) is 0. The van der Waals surface area contributed by atoms with Crippen LogP contribution in [0.5, 0.6) is 28.7 Å². The molecule has 0 saturated carbocycles. The van der Waals surface area contributed by atoms with Gasteiger partial charge in [0.25, 0.3) is 11.9 Å². The van der Waals surface area contributed by atoms with E-state index in [-0.39, 0.29) is 28.4 Å². The zero-order valence-corrected chi connectivity index (χ0v) is 22.2. The number of aromatic hydroxyl groups is 4. The average Bonchev–Trinajstić information content (AvgIpc) is 2.99. The van der Waals surface area contributed by atoms with Crippen molar-refractivity contribution in [2.45, 2.75) is 67.5 Å². The average molecular weight is 614 g/mol. The molecule has 0 aliphatic carbocycles. The molecule has 0 radical (unpaired) electrons. The van der Waals surface area contributed by atoms with Crippen LogP contribution in [-0.4, -0.2) is 136 Å². The first-order valence-electron chi connectivity index (χ1n) is 13.2. The SMILES string of the molecule is OC[C@H]1O[C@@H](Oc2cc(O)c3c(c2)[OH+]C(c2ccc(O)c(O)c2)C(O[C@@H]2O[C@H](CO)[C@@H](O)[C@@H](O)[C@@H]2O)=C3)[C@H](O)[C@@H](O)[C@@H]1O. The lowest BCUT2D eigenvalue weighted by Gasteiger charge is -2.40. The van der Waals surface area contributed by atoms with Crippen LogP contribution < -0.4 is 4.74 Å². The first-order chi connectivity index (χ1) is 20.4. The maximum Gasteiger partial charge on any atom is 0.270 e. The molecule has 12 N–H and O–H groups in total. The number of aliphatic hydroxyl groups excluding tert-OH is 8. The Morgan fingerprint density at radius 2 is 1.23 bits per heavy atom. The summed E-state index contributed by atoms with van der Waals surface area (Å²) >= 11 is 0. The fourth-order valence-electron chi connectivity index (χ4n) is 4.99. The molecule has 43 heavy (non-hydrogen) atoms. The summed E-state index contributed by atoms with van der Waals surface area (Å²) in [6.07, 6.45) is -15.7. The molecule has 0 amide bonds. The molecule has 0 bridgehead atoms. The van der Waals surface area contributed by atoms with Crippen LogP contribution in [0, 0.1) is 0 Å². The maximum absolute atomic E-state index is 10.9. The second-order valence-corrected chi connectivity index (χ2v) is 10.3. The molecule has 2 aromatic carbocycles. The zero-order chi connectivity index (χ0) is 31.2. The summed E-state index contributed by atoms with van der Waals surface area (Å²) in [5, 5.41) is 111. The fourth-order valence-corrected chi connectivity index (χ4v) is 4.99. The molecule has 16 heteroatoms. The topological polar surface area (TPSA) is 272 Å². The Bertz CT molecular complexity index is 1330. The molecule has 2 aromatic rings. The van der Waals surface area contributed by atoms with Crippen LogP contribution in [0.4, 0.5) is 0 Å². The summed E-state index contributed by atoms with van der Waals surface area (Å²) in [5.41, 5.74) is 0.344. The molecule has 3 heterocycles. The van der Waals surface area contributed by atoms with Gasteiger partial charge in [-0.05, 0) is 18.2 Å². The Hall–Kier alpha value is -3.42. The number of fused-ring (bicyclic) bond motifs is 1. The monoisotopic (exact) mass is 613 g/mol. The van der Waals surface area contributed by atoms with Crippen molar-refractivity contribution in [3.8, 4) is 28.7 Å². The summed E-state index contributed by atoms with van der Waals surface area (Å²) in [6.45, 7) is -1.39. The van der Waals surface area contributed by atoms with Crippen LogP contribution in [0.25, 0.3) is 6.08 Å². The lowest BCUT2D eigenvalue weighted by atomic mass is 9.98. The molecule has 1 unspecified atom stereocenters. The van der Waals surface area contributed by atoms with E-state index in [9.17, 15) is 56.2 Å². The molecule has 16 nitrogen and oxygen atoms in total. The van der Waals surface area contributed by atoms with E-state index in [0.717, 1.165) is 6.07 Å². The number of phenolic OH excluding ortho intramolecular Hbond substituents is 3. The van der Waals surface area contributed by atoms with Crippen LogP contribution in [0.2, 0.25) is 0 Å². The van der Waals surface area contributed by atoms with E-state index in [1.165, 1.54) is 30.3 Å². The number of hydrogen-bond acceptors (Lipinski definition) is 15. The van der Waals surface area contributed by atoms with E-state index in [4.69, 9.17) is 18.9 Å². The van der Waals surface area contributed by atoms with Crippen molar-refractivity contribution in [1.82, 2.24) is 0 Å². The van der Waals surface area contributed by atoms with E-state index in [1.54, 1.807) is 0 Å². The highest BCUT2D eigenvalue weighted by molar-refractivity contribution is 5.69. The highest BCUT2D eigenvalue weighted by atomic mass is 16.7. The van der Waals surface area contributed by atoms with E-state index < -0.39 is 98.0 Å². The Morgan fingerprint density at radius 1 is 0.651 bits per heavy atom. The van der Waals surface area contributed by atoms with Gasteiger partial charge < -0.3 is 79.9 Å². The maximum atomic E-state index is 10.9. The van der Waals surface area contributed by atoms with Gasteiger partial charge in [0.2, 0.25) is 12.6 Å². The predicted molar refractivity (Wildman–Crippen MR) is 140 cm³/mol. The molecule has 3 aliphatic heterocycles. The minimum Gasteiger partial charge on any atom is -0.571 e. The van der Waals surface area contributed by atoms with Gasteiger partial charge in [-0.1, -0.05) is 0 Å². The van der Waals surface area contributed by atoms with Gasteiger partial charge >= 0.3 is 0 Å². The van der Waals surface area contributed by atoms with Crippen molar-refractivity contribution in [2.75, 3.05) is 13.2 Å².